The van der Waals surface area contributed by atoms with Gasteiger partial charge in [0.15, 0.2) is 0 Å². The fourth-order valence-electron chi connectivity index (χ4n) is 2.04. The standard InChI is InChI=1S/C19H32N2S2/c1-6-7-10-13-23-19(4,5)15-21-17-12-9-8-11-16(17)20-14-18(2,3)22/h6,8-9,11-12,20-22H,1,7,10,13-15H2,2-5H3. The molecule has 0 amide bonds. The van der Waals surface area contributed by atoms with Gasteiger partial charge in [-0.3, -0.25) is 0 Å². The van der Waals surface area contributed by atoms with Crippen LogP contribution in [0.25, 0.3) is 0 Å². The molecule has 4 heteroatoms. The Labute approximate surface area is 152 Å². The van der Waals surface area contributed by atoms with Crippen LogP contribution in [-0.4, -0.2) is 28.3 Å². The van der Waals surface area contributed by atoms with Gasteiger partial charge in [-0.1, -0.05) is 18.2 Å². The van der Waals surface area contributed by atoms with Crippen LogP contribution in [0, 0.1) is 0 Å². The van der Waals surface area contributed by atoms with Gasteiger partial charge >= 0.3 is 0 Å². The minimum Gasteiger partial charge on any atom is -0.382 e. The van der Waals surface area contributed by atoms with Gasteiger partial charge in [0, 0.05) is 22.6 Å². The van der Waals surface area contributed by atoms with Crippen LogP contribution in [0.3, 0.4) is 0 Å². The van der Waals surface area contributed by atoms with E-state index in [1.807, 2.05) is 17.8 Å². The fourth-order valence-corrected chi connectivity index (χ4v) is 3.16. The number of rotatable bonds is 11. The summed E-state index contributed by atoms with van der Waals surface area (Å²) in [7, 11) is 0. The number of allylic oxidation sites excluding steroid dienone is 1. The Kier molecular flexibility index (Phi) is 8.41. The topological polar surface area (TPSA) is 24.1 Å². The van der Waals surface area contributed by atoms with Crippen molar-refractivity contribution in [1.29, 1.82) is 0 Å². The third kappa shape index (κ3) is 9.21. The van der Waals surface area contributed by atoms with E-state index in [1.54, 1.807) is 0 Å². The summed E-state index contributed by atoms with van der Waals surface area (Å²) in [6.45, 7) is 14.4. The molecular weight excluding hydrogens is 320 g/mol. The van der Waals surface area contributed by atoms with Crippen molar-refractivity contribution < 1.29 is 0 Å². The number of hydrogen-bond donors (Lipinski definition) is 3. The molecule has 1 aromatic rings. The van der Waals surface area contributed by atoms with Crippen LogP contribution < -0.4 is 10.6 Å². The third-order valence-electron chi connectivity index (χ3n) is 3.39. The first-order valence-electron chi connectivity index (χ1n) is 8.27. The molecule has 2 nitrogen and oxygen atoms in total. The number of unbranched alkanes of at least 4 members (excludes halogenated alkanes) is 1. The molecule has 0 saturated heterocycles. The predicted octanol–water partition coefficient (Wildman–Crippen LogP) is 5.70. The molecule has 0 unspecified atom stereocenters. The average Bonchev–Trinajstić information content (AvgIpc) is 2.48. The van der Waals surface area contributed by atoms with Gasteiger partial charge in [0.05, 0.1) is 11.4 Å². The van der Waals surface area contributed by atoms with E-state index in [4.69, 9.17) is 0 Å². The molecule has 1 rings (SSSR count). The first-order chi connectivity index (χ1) is 10.7. The van der Waals surface area contributed by atoms with Crippen LogP contribution in [0.2, 0.25) is 0 Å². The Morgan fingerprint density at radius 2 is 1.65 bits per heavy atom. The molecule has 0 aromatic heterocycles. The van der Waals surface area contributed by atoms with Crippen LogP contribution in [0.5, 0.6) is 0 Å². The molecule has 0 spiro atoms. The van der Waals surface area contributed by atoms with Gasteiger partial charge in [-0.25, -0.2) is 0 Å². The van der Waals surface area contributed by atoms with E-state index in [2.05, 4.69) is 81.8 Å². The first kappa shape index (κ1) is 20.3. The first-order valence-corrected chi connectivity index (χ1v) is 9.71. The molecule has 0 aliphatic heterocycles. The van der Waals surface area contributed by atoms with E-state index in [0.29, 0.717) is 0 Å². The molecule has 130 valence electrons. The molecule has 0 bridgehead atoms. The second-order valence-electron chi connectivity index (χ2n) is 7.10. The summed E-state index contributed by atoms with van der Waals surface area (Å²) < 4.78 is 0.171. The highest BCUT2D eigenvalue weighted by Gasteiger charge is 2.18. The van der Waals surface area contributed by atoms with Gasteiger partial charge in [-0.05, 0) is 58.4 Å². The number of anilines is 2. The molecular formula is C19H32N2S2. The smallest absolute Gasteiger partial charge is 0.0576 e. The summed E-state index contributed by atoms with van der Waals surface area (Å²) in [6, 6.07) is 8.39. The molecule has 23 heavy (non-hydrogen) atoms. The molecule has 1 aromatic carbocycles. The lowest BCUT2D eigenvalue weighted by Gasteiger charge is -2.26. The highest BCUT2D eigenvalue weighted by atomic mass is 32.2. The summed E-state index contributed by atoms with van der Waals surface area (Å²) in [5, 5.41) is 7.09. The van der Waals surface area contributed by atoms with Crippen LogP contribution >= 0.6 is 24.4 Å². The molecule has 0 atom stereocenters. The number of thiol groups is 1. The van der Waals surface area contributed by atoms with Crippen molar-refractivity contribution in [1.82, 2.24) is 0 Å². The molecule has 0 aliphatic rings. The van der Waals surface area contributed by atoms with Crippen LogP contribution in [0.4, 0.5) is 11.4 Å². The van der Waals surface area contributed by atoms with Crippen molar-refractivity contribution in [2.75, 3.05) is 29.5 Å². The van der Waals surface area contributed by atoms with Gasteiger partial charge in [0.25, 0.3) is 0 Å². The number of hydrogen-bond acceptors (Lipinski definition) is 4. The maximum absolute atomic E-state index is 4.58. The van der Waals surface area contributed by atoms with Crippen molar-refractivity contribution >= 4 is 35.8 Å². The Morgan fingerprint density at radius 1 is 1.09 bits per heavy atom. The van der Waals surface area contributed by atoms with E-state index in [9.17, 15) is 0 Å². The lowest BCUT2D eigenvalue weighted by molar-refractivity contribution is 0.745. The minimum atomic E-state index is -0.0343. The van der Waals surface area contributed by atoms with Crippen molar-refractivity contribution in [3.05, 3.63) is 36.9 Å². The Balaban J connectivity index is 2.54. The zero-order valence-corrected chi connectivity index (χ0v) is 16.7. The zero-order chi connectivity index (χ0) is 17.3. The molecule has 0 aliphatic carbocycles. The predicted molar refractivity (Wildman–Crippen MR) is 112 cm³/mol. The highest BCUT2D eigenvalue weighted by molar-refractivity contribution is 8.00. The lowest BCUT2D eigenvalue weighted by atomic mass is 10.1. The van der Waals surface area contributed by atoms with Crippen LogP contribution in [-0.2, 0) is 0 Å². The fraction of sp³-hybridized carbons (Fsp3) is 0.579. The molecule has 0 saturated carbocycles. The largest absolute Gasteiger partial charge is 0.382 e. The summed E-state index contributed by atoms with van der Waals surface area (Å²) >= 11 is 6.60. The SMILES string of the molecule is C=CCCCSC(C)(C)CNc1ccccc1NCC(C)(C)S. The van der Waals surface area contributed by atoms with Gasteiger partial charge in [0.2, 0.25) is 0 Å². The molecule has 0 radical (unpaired) electrons. The van der Waals surface area contributed by atoms with Crippen molar-refractivity contribution in [3.63, 3.8) is 0 Å². The normalized spacial score (nSPS) is 12.0. The van der Waals surface area contributed by atoms with E-state index in [-0.39, 0.29) is 9.49 Å². The van der Waals surface area contributed by atoms with Gasteiger partial charge in [-0.2, -0.15) is 24.4 Å². The number of para-hydroxylation sites is 2. The van der Waals surface area contributed by atoms with Crippen molar-refractivity contribution in [3.8, 4) is 0 Å². The number of benzene rings is 1. The Hall–Kier alpha value is -0.740. The lowest BCUT2D eigenvalue weighted by Crippen LogP contribution is -2.28. The van der Waals surface area contributed by atoms with E-state index in [0.717, 1.165) is 30.9 Å². The summed E-state index contributed by atoms with van der Waals surface area (Å²) in [4.78, 5) is 0. The van der Waals surface area contributed by atoms with E-state index in [1.165, 1.54) is 12.2 Å². The van der Waals surface area contributed by atoms with Crippen LogP contribution in [0.15, 0.2) is 36.9 Å². The average molecular weight is 353 g/mol. The second-order valence-corrected chi connectivity index (χ2v) is 10.1. The van der Waals surface area contributed by atoms with Gasteiger partial charge in [0.1, 0.15) is 0 Å². The Morgan fingerprint density at radius 3 is 2.17 bits per heavy atom. The van der Waals surface area contributed by atoms with Crippen molar-refractivity contribution in [2.45, 2.75) is 50.0 Å². The molecule has 2 N–H and O–H groups in total. The molecule has 0 fully saturated rings. The van der Waals surface area contributed by atoms with E-state index < -0.39 is 0 Å². The summed E-state index contributed by atoms with van der Waals surface area (Å²) in [5.41, 5.74) is 2.30. The maximum Gasteiger partial charge on any atom is 0.0576 e. The van der Waals surface area contributed by atoms with E-state index >= 15 is 0 Å². The third-order valence-corrected chi connectivity index (χ3v) is 4.97. The Bertz CT molecular complexity index is 479. The van der Waals surface area contributed by atoms with Gasteiger partial charge < -0.3 is 10.6 Å². The number of thioether (sulfide) groups is 1. The maximum atomic E-state index is 4.58. The van der Waals surface area contributed by atoms with Gasteiger partial charge in [-0.15, -0.1) is 6.58 Å². The highest BCUT2D eigenvalue weighted by Crippen LogP contribution is 2.28. The second kappa shape index (κ2) is 9.53. The van der Waals surface area contributed by atoms with Crippen LogP contribution in [0.1, 0.15) is 40.5 Å². The number of nitrogens with one attached hydrogen (secondary N) is 2. The zero-order valence-electron chi connectivity index (χ0n) is 15.0. The summed E-state index contributed by atoms with van der Waals surface area (Å²) in [5.74, 6) is 1.18. The monoisotopic (exact) mass is 352 g/mol. The quantitative estimate of drug-likeness (QED) is 0.271. The van der Waals surface area contributed by atoms with Crippen molar-refractivity contribution in [2.24, 2.45) is 0 Å². The summed E-state index contributed by atoms with van der Waals surface area (Å²) in [6.07, 6.45) is 4.30. The minimum absolute atomic E-state index is 0.0343. The molecule has 0 heterocycles.